The molecule has 2 saturated heterocycles. The van der Waals surface area contributed by atoms with Gasteiger partial charge in [-0.15, -0.1) is 0 Å². The minimum Gasteiger partial charge on any atom is -0.376 e. The van der Waals surface area contributed by atoms with Crippen LogP contribution in [-0.2, 0) is 16.1 Å². The second-order valence-corrected chi connectivity index (χ2v) is 7.19. The first-order valence-corrected chi connectivity index (χ1v) is 8.80. The molecule has 5 nitrogen and oxygen atoms in total. The Labute approximate surface area is 137 Å². The van der Waals surface area contributed by atoms with Crippen LogP contribution in [-0.4, -0.2) is 48.1 Å². The molecule has 0 unspecified atom stereocenters. The maximum Gasteiger partial charge on any atom is 0.223 e. The molecule has 0 bridgehead atoms. The molecule has 3 heterocycles. The first-order chi connectivity index (χ1) is 11.3. The first-order valence-electron chi connectivity index (χ1n) is 8.80. The number of hydrogen-bond acceptors (Lipinski definition) is 4. The van der Waals surface area contributed by atoms with Gasteiger partial charge >= 0.3 is 0 Å². The van der Waals surface area contributed by atoms with Crippen LogP contribution in [0.25, 0.3) is 0 Å². The molecule has 23 heavy (non-hydrogen) atoms. The van der Waals surface area contributed by atoms with Crippen LogP contribution in [0.4, 0.5) is 0 Å². The number of hydrogen-bond donors (Lipinski definition) is 1. The molecule has 0 spiro atoms. The van der Waals surface area contributed by atoms with E-state index in [0.717, 1.165) is 39.1 Å². The molecule has 2 aliphatic heterocycles. The molecule has 0 aromatic carbocycles. The van der Waals surface area contributed by atoms with Gasteiger partial charge in [0.25, 0.3) is 0 Å². The summed E-state index contributed by atoms with van der Waals surface area (Å²) in [5.41, 5.74) is 1.32. The van der Waals surface area contributed by atoms with Crippen molar-refractivity contribution in [3.8, 4) is 0 Å². The molecule has 3 fully saturated rings. The Kier molecular flexibility index (Phi) is 4.31. The van der Waals surface area contributed by atoms with E-state index in [4.69, 9.17) is 4.74 Å². The number of carbonyl (C=O) groups is 1. The molecule has 3 atom stereocenters. The van der Waals surface area contributed by atoms with Gasteiger partial charge in [-0.05, 0) is 49.4 Å². The summed E-state index contributed by atoms with van der Waals surface area (Å²) in [6.07, 6.45) is 7.21. The Bertz CT molecular complexity index is 546. The van der Waals surface area contributed by atoms with Crippen molar-refractivity contribution < 1.29 is 9.53 Å². The number of carbonyl (C=O) groups excluding carboxylic acids is 1. The van der Waals surface area contributed by atoms with Crippen molar-refractivity contribution in [1.29, 1.82) is 0 Å². The third-order valence-corrected chi connectivity index (χ3v) is 5.47. The van der Waals surface area contributed by atoms with Crippen molar-refractivity contribution in [2.24, 2.45) is 17.8 Å². The van der Waals surface area contributed by atoms with Gasteiger partial charge < -0.3 is 10.1 Å². The van der Waals surface area contributed by atoms with Gasteiger partial charge in [0.2, 0.25) is 5.91 Å². The zero-order valence-electron chi connectivity index (χ0n) is 13.5. The Morgan fingerprint density at radius 3 is 2.91 bits per heavy atom. The van der Waals surface area contributed by atoms with E-state index in [2.05, 4.69) is 27.3 Å². The van der Waals surface area contributed by atoms with Crippen LogP contribution in [0.2, 0.25) is 0 Å². The Balaban J connectivity index is 1.32. The second-order valence-electron chi connectivity index (χ2n) is 7.19. The molecule has 1 saturated carbocycles. The quantitative estimate of drug-likeness (QED) is 0.893. The molecule has 1 aromatic rings. The van der Waals surface area contributed by atoms with E-state index in [1.165, 1.54) is 12.0 Å². The van der Waals surface area contributed by atoms with Crippen molar-refractivity contribution in [2.45, 2.75) is 31.9 Å². The highest BCUT2D eigenvalue weighted by Crippen LogP contribution is 2.35. The third kappa shape index (κ3) is 3.56. The number of piperidine rings is 1. The van der Waals surface area contributed by atoms with E-state index >= 15 is 0 Å². The lowest BCUT2D eigenvalue weighted by Crippen LogP contribution is -2.45. The van der Waals surface area contributed by atoms with Gasteiger partial charge in [-0.3, -0.25) is 14.7 Å². The lowest BCUT2D eigenvalue weighted by molar-refractivity contribution is -0.122. The van der Waals surface area contributed by atoms with E-state index in [1.54, 1.807) is 0 Å². The molecule has 5 heteroatoms. The minimum absolute atomic E-state index is 0.183. The number of likely N-dealkylation sites (tertiary alicyclic amines) is 1. The molecule has 1 amide bonds. The van der Waals surface area contributed by atoms with Crippen molar-refractivity contribution in [3.05, 3.63) is 30.1 Å². The number of fused-ring (bicyclic) bond motifs is 1. The maximum atomic E-state index is 11.8. The summed E-state index contributed by atoms with van der Waals surface area (Å²) in [7, 11) is 0. The largest absolute Gasteiger partial charge is 0.376 e. The molecule has 0 radical (unpaired) electrons. The number of rotatable bonds is 5. The molecule has 3 aliphatic rings. The number of pyridine rings is 1. The van der Waals surface area contributed by atoms with Crippen LogP contribution >= 0.6 is 0 Å². The van der Waals surface area contributed by atoms with Crippen LogP contribution in [0.3, 0.4) is 0 Å². The summed E-state index contributed by atoms with van der Waals surface area (Å²) in [6, 6.07) is 4.18. The SMILES string of the molecule is O=C(NC[C@@H]1OC[C@H]2CCN(Cc3ccncc3)C[C@H]21)C1CC1. The van der Waals surface area contributed by atoms with Gasteiger partial charge in [-0.2, -0.15) is 0 Å². The molecule has 124 valence electrons. The summed E-state index contributed by atoms with van der Waals surface area (Å²) in [4.78, 5) is 18.4. The minimum atomic E-state index is 0.183. The van der Waals surface area contributed by atoms with Crippen LogP contribution in [0, 0.1) is 17.8 Å². The first kappa shape index (κ1) is 15.1. The molecule has 4 rings (SSSR count). The fourth-order valence-corrected chi connectivity index (χ4v) is 3.89. The van der Waals surface area contributed by atoms with Crippen molar-refractivity contribution in [3.63, 3.8) is 0 Å². The van der Waals surface area contributed by atoms with Crippen molar-refractivity contribution >= 4 is 5.91 Å². The Morgan fingerprint density at radius 2 is 2.13 bits per heavy atom. The lowest BCUT2D eigenvalue weighted by atomic mass is 9.84. The molecule has 1 aliphatic carbocycles. The van der Waals surface area contributed by atoms with Gasteiger partial charge in [-0.25, -0.2) is 0 Å². The fraction of sp³-hybridized carbons (Fsp3) is 0.667. The van der Waals surface area contributed by atoms with Crippen LogP contribution in [0.5, 0.6) is 0 Å². The highest BCUT2D eigenvalue weighted by atomic mass is 16.5. The molecule has 1 aromatic heterocycles. The lowest BCUT2D eigenvalue weighted by Gasteiger charge is -2.36. The third-order valence-electron chi connectivity index (χ3n) is 5.47. The zero-order chi connectivity index (χ0) is 15.6. The predicted octanol–water partition coefficient (Wildman–Crippen LogP) is 1.44. The van der Waals surface area contributed by atoms with Gasteiger partial charge in [-0.1, -0.05) is 0 Å². The average Bonchev–Trinajstić information content (AvgIpc) is 3.35. The summed E-state index contributed by atoms with van der Waals surface area (Å²) in [5.74, 6) is 1.71. The Hall–Kier alpha value is -1.46. The van der Waals surface area contributed by atoms with Crippen LogP contribution in [0.1, 0.15) is 24.8 Å². The van der Waals surface area contributed by atoms with E-state index in [-0.39, 0.29) is 17.9 Å². The smallest absolute Gasteiger partial charge is 0.223 e. The van der Waals surface area contributed by atoms with E-state index in [9.17, 15) is 4.79 Å². The molecule has 1 N–H and O–H groups in total. The van der Waals surface area contributed by atoms with E-state index in [1.807, 2.05) is 12.4 Å². The predicted molar refractivity (Wildman–Crippen MR) is 86.6 cm³/mol. The number of nitrogens with zero attached hydrogens (tertiary/aromatic N) is 2. The summed E-state index contributed by atoms with van der Waals surface area (Å²) < 4.78 is 6.00. The standard InChI is InChI=1S/C18H25N3O2/c22-18(14-1-2-14)20-9-17-16-11-21(8-5-15(16)12-23-17)10-13-3-6-19-7-4-13/h3-4,6-7,14-17H,1-2,5,8-12H2,(H,20,22)/t15-,16-,17+/m1/s1. The van der Waals surface area contributed by atoms with Crippen LogP contribution in [0.15, 0.2) is 24.5 Å². The summed E-state index contributed by atoms with van der Waals surface area (Å²) >= 11 is 0. The van der Waals surface area contributed by atoms with Gasteiger partial charge in [0.05, 0.1) is 12.7 Å². The second kappa shape index (κ2) is 6.57. The Morgan fingerprint density at radius 1 is 1.30 bits per heavy atom. The fourth-order valence-electron chi connectivity index (χ4n) is 3.89. The van der Waals surface area contributed by atoms with Gasteiger partial charge in [0.15, 0.2) is 0 Å². The van der Waals surface area contributed by atoms with E-state index in [0.29, 0.717) is 18.4 Å². The van der Waals surface area contributed by atoms with Crippen LogP contribution < -0.4 is 5.32 Å². The van der Waals surface area contributed by atoms with Gasteiger partial charge in [0.1, 0.15) is 0 Å². The highest BCUT2D eigenvalue weighted by Gasteiger charge is 2.41. The zero-order valence-corrected chi connectivity index (χ0v) is 13.5. The van der Waals surface area contributed by atoms with Gasteiger partial charge in [0, 0.05) is 43.9 Å². The topological polar surface area (TPSA) is 54.5 Å². The summed E-state index contributed by atoms with van der Waals surface area (Å²) in [6.45, 7) is 4.72. The number of aromatic nitrogens is 1. The highest BCUT2D eigenvalue weighted by molar-refractivity contribution is 5.80. The number of amides is 1. The number of nitrogens with one attached hydrogen (secondary N) is 1. The molecular weight excluding hydrogens is 290 g/mol. The monoisotopic (exact) mass is 315 g/mol. The normalized spacial score (nSPS) is 30.9. The maximum absolute atomic E-state index is 11.8. The molecular formula is C18H25N3O2. The average molecular weight is 315 g/mol. The summed E-state index contributed by atoms with van der Waals surface area (Å²) in [5, 5.41) is 3.09. The van der Waals surface area contributed by atoms with Crippen molar-refractivity contribution in [1.82, 2.24) is 15.2 Å². The van der Waals surface area contributed by atoms with Crippen molar-refractivity contribution in [2.75, 3.05) is 26.2 Å². The number of ether oxygens (including phenoxy) is 1. The van der Waals surface area contributed by atoms with E-state index < -0.39 is 0 Å².